The van der Waals surface area contributed by atoms with Gasteiger partial charge in [-0.2, -0.15) is 0 Å². The summed E-state index contributed by atoms with van der Waals surface area (Å²) in [6, 6.07) is 29.8. The first-order chi connectivity index (χ1) is 26.5. The molecule has 3 heteroatoms. The third kappa shape index (κ3) is 8.83. The monoisotopic (exact) mass is 920 g/mol. The summed E-state index contributed by atoms with van der Waals surface area (Å²) in [5.74, 6) is 0. The van der Waals surface area contributed by atoms with Gasteiger partial charge in [0, 0.05) is 0 Å². The topological polar surface area (TPSA) is 0 Å². The van der Waals surface area contributed by atoms with E-state index in [1.165, 1.54) is 70.3 Å². The zero-order chi connectivity index (χ0) is 42.8. The summed E-state index contributed by atoms with van der Waals surface area (Å²) in [6.45, 7) is 43.4. The molecule has 1 aliphatic heterocycles. The summed E-state index contributed by atoms with van der Waals surface area (Å²) < 4.78 is 4.04. The molecule has 4 aromatic rings. The Morgan fingerprint density at radius 3 is 0.933 bits per heavy atom. The van der Waals surface area contributed by atoms with Crippen molar-refractivity contribution in [2.45, 2.75) is 168 Å². The Balaban J connectivity index is 0.00000341. The molecule has 0 aromatic heterocycles. The molecule has 2 atom stereocenters. The van der Waals surface area contributed by atoms with Crippen LogP contribution in [0.5, 0.6) is 0 Å². The zero-order valence-electron chi connectivity index (χ0n) is 40.6. The first-order valence-corrected chi connectivity index (χ1v) is 28.9. The minimum Gasteiger partial charge on any atom is -1.00 e. The van der Waals surface area contributed by atoms with Crippen molar-refractivity contribution in [2.75, 3.05) is 0 Å². The molecule has 0 saturated carbocycles. The fourth-order valence-electron chi connectivity index (χ4n) is 10.5. The first-order valence-electron chi connectivity index (χ1n) is 22.5. The quantitative estimate of drug-likeness (QED) is 0.191. The molecule has 1 heterocycles. The number of halogens is 2. The van der Waals surface area contributed by atoms with Crippen molar-refractivity contribution in [3.8, 4) is 22.3 Å². The summed E-state index contributed by atoms with van der Waals surface area (Å²) >= 11 is -3.18. The number of rotatable bonds is 4. The van der Waals surface area contributed by atoms with E-state index in [0.717, 1.165) is 0 Å². The molecule has 2 aliphatic carbocycles. The predicted octanol–water partition coefficient (Wildman–Crippen LogP) is 11.3. The van der Waals surface area contributed by atoms with E-state index in [9.17, 15) is 0 Å². The Hall–Kier alpha value is -2.18. The summed E-state index contributed by atoms with van der Waals surface area (Å²) in [4.78, 5) is 0. The minimum atomic E-state index is -3.18. The SMILES string of the molecule is CC(C)(C)C1=Cc2c(-c3cc(C(C)(C)C)cc(C(C)(C)C)c3)cccc2[CH]1[Zr+2]1([CH]2C(C(C)(C)C)=Cc3c(-c4cc(C(C)(C)C)cc(C(C)(C)C)c4)cccc32)[CH2]C[CH2]1.[Cl-].[Cl-]. The smallest absolute Gasteiger partial charge is 1.00 e. The third-order valence-electron chi connectivity index (χ3n) is 14.2. The van der Waals surface area contributed by atoms with Gasteiger partial charge in [-0.1, -0.05) is 0 Å². The van der Waals surface area contributed by atoms with Crippen molar-refractivity contribution < 1.29 is 45.1 Å². The standard InChI is InChI=1S/2C27H35.C3H6.2ClH.Zr/c2*1-25(2,3)20-14-19(15-21(16-20)26(4,5)6)23-12-10-11-18-13-22(17-24(18)23)27(7,8)9;1-3-2;;;/h2*10-17H,1-9H3;1-3H2;2*1H;/q;;;;;+2/p-2. The second-order valence-corrected chi connectivity index (χ2v) is 36.2. The second kappa shape index (κ2) is 16.1. The van der Waals surface area contributed by atoms with Crippen molar-refractivity contribution in [1.29, 1.82) is 0 Å². The molecule has 0 bridgehead atoms. The fourth-order valence-corrected chi connectivity index (χ4v) is 26.9. The molecule has 1 saturated heterocycles. The number of hydrogen-bond acceptors (Lipinski definition) is 0. The molecule has 0 radical (unpaired) electrons. The summed E-state index contributed by atoms with van der Waals surface area (Å²) in [7, 11) is 0. The van der Waals surface area contributed by atoms with Crippen LogP contribution < -0.4 is 24.8 Å². The normalized spacial score (nSPS) is 18.5. The van der Waals surface area contributed by atoms with E-state index in [2.05, 4.69) is 210 Å². The molecule has 4 aromatic carbocycles. The van der Waals surface area contributed by atoms with E-state index < -0.39 is 20.3 Å². The second-order valence-electron chi connectivity index (χ2n) is 24.9. The van der Waals surface area contributed by atoms with Gasteiger partial charge in [0.1, 0.15) is 0 Å². The molecule has 2 unspecified atom stereocenters. The van der Waals surface area contributed by atoms with Gasteiger partial charge in [-0.3, -0.25) is 0 Å². The number of fused-ring (bicyclic) bond motifs is 2. The van der Waals surface area contributed by atoms with Gasteiger partial charge >= 0.3 is 362 Å². The molecule has 0 amide bonds. The van der Waals surface area contributed by atoms with Crippen LogP contribution in [0.4, 0.5) is 0 Å². The predicted molar refractivity (Wildman–Crippen MR) is 253 cm³/mol. The molecule has 0 N–H and O–H groups in total. The molecule has 3 aliphatic rings. The van der Waals surface area contributed by atoms with E-state index in [1.807, 2.05) is 0 Å². The van der Waals surface area contributed by atoms with Crippen LogP contribution in [0.2, 0.25) is 8.26 Å². The van der Waals surface area contributed by atoms with Crippen molar-refractivity contribution in [2.24, 2.45) is 10.8 Å². The van der Waals surface area contributed by atoms with Crippen LogP contribution in [-0.4, -0.2) is 0 Å². The van der Waals surface area contributed by atoms with Crippen LogP contribution in [0.3, 0.4) is 0 Å². The van der Waals surface area contributed by atoms with Crippen molar-refractivity contribution >= 4 is 12.2 Å². The molecular formula is C57H76Cl2Zr. The van der Waals surface area contributed by atoms with Gasteiger partial charge in [0.05, 0.1) is 0 Å². The Labute approximate surface area is 384 Å². The van der Waals surface area contributed by atoms with Crippen molar-refractivity contribution in [3.63, 3.8) is 0 Å². The van der Waals surface area contributed by atoms with E-state index in [0.29, 0.717) is 7.25 Å². The van der Waals surface area contributed by atoms with E-state index in [-0.39, 0.29) is 57.3 Å². The average molecular weight is 923 g/mol. The Bertz CT molecular complexity index is 2100. The molecule has 0 spiro atoms. The van der Waals surface area contributed by atoms with Gasteiger partial charge < -0.3 is 24.8 Å². The van der Waals surface area contributed by atoms with Gasteiger partial charge in [0.15, 0.2) is 0 Å². The molecular weight excluding hydrogens is 847 g/mol. The van der Waals surface area contributed by atoms with Gasteiger partial charge in [0.2, 0.25) is 0 Å². The van der Waals surface area contributed by atoms with Gasteiger partial charge in [-0.15, -0.1) is 0 Å². The van der Waals surface area contributed by atoms with Crippen molar-refractivity contribution in [3.05, 3.63) is 128 Å². The van der Waals surface area contributed by atoms with Crippen molar-refractivity contribution in [1.82, 2.24) is 0 Å². The first kappa shape index (κ1) is 48.8. The molecule has 60 heavy (non-hydrogen) atoms. The van der Waals surface area contributed by atoms with E-state index >= 15 is 0 Å². The maximum absolute atomic E-state index is 3.18. The Kier molecular flexibility index (Phi) is 13.1. The van der Waals surface area contributed by atoms with Crippen LogP contribution in [0, 0.1) is 10.8 Å². The maximum Gasteiger partial charge on any atom is -1.00 e. The fraction of sp³-hybridized carbons (Fsp3) is 0.509. The van der Waals surface area contributed by atoms with Gasteiger partial charge in [0.25, 0.3) is 0 Å². The van der Waals surface area contributed by atoms with Crippen LogP contribution in [0.25, 0.3) is 34.4 Å². The maximum atomic E-state index is 2.71. The van der Waals surface area contributed by atoms with Gasteiger partial charge in [-0.25, -0.2) is 0 Å². The van der Waals surface area contributed by atoms with Crippen LogP contribution in [-0.2, 0) is 41.9 Å². The summed E-state index contributed by atoms with van der Waals surface area (Å²) in [5.41, 5.74) is 21.5. The van der Waals surface area contributed by atoms with E-state index in [1.54, 1.807) is 22.3 Å². The number of allylic oxidation sites excluding steroid dienone is 2. The minimum absolute atomic E-state index is 0. The Morgan fingerprint density at radius 1 is 0.400 bits per heavy atom. The van der Waals surface area contributed by atoms with Crippen LogP contribution in [0.1, 0.15) is 183 Å². The number of benzene rings is 4. The zero-order valence-corrected chi connectivity index (χ0v) is 44.6. The summed E-state index contributed by atoms with van der Waals surface area (Å²) in [5, 5.41) is 0. The van der Waals surface area contributed by atoms with Gasteiger partial charge in [-0.05, 0) is 0 Å². The van der Waals surface area contributed by atoms with E-state index in [4.69, 9.17) is 0 Å². The average Bonchev–Trinajstić information content (AvgIpc) is 3.67. The van der Waals surface area contributed by atoms with Crippen LogP contribution in [0.15, 0.2) is 83.9 Å². The molecule has 322 valence electrons. The largest absolute Gasteiger partial charge is 1.00 e. The molecule has 0 nitrogen and oxygen atoms in total. The molecule has 1 fully saturated rings. The number of hydrogen-bond donors (Lipinski definition) is 0. The third-order valence-corrected chi connectivity index (χ3v) is 29.3. The molecule has 7 rings (SSSR count). The summed E-state index contributed by atoms with van der Waals surface area (Å²) in [6.07, 6.45) is 6.81. The van der Waals surface area contributed by atoms with Crippen LogP contribution >= 0.6 is 0 Å². The Morgan fingerprint density at radius 2 is 0.700 bits per heavy atom.